The van der Waals surface area contributed by atoms with Gasteiger partial charge in [0, 0.05) is 5.69 Å². The third-order valence-corrected chi connectivity index (χ3v) is 5.78. The number of aryl methyl sites for hydroxylation is 1. The molecule has 10 nitrogen and oxygen atoms in total. The molecule has 0 aliphatic carbocycles. The van der Waals surface area contributed by atoms with Crippen LogP contribution in [0, 0.1) is 6.92 Å². The predicted octanol–water partition coefficient (Wildman–Crippen LogP) is 4.09. The molecule has 0 saturated carbocycles. The SMILES string of the molecule is CCOc1ccc(N2C(=O)NC(=O)/C(=C\c3ccc(OCC(=O)Nc4ccccc4C)c(OC)c3)C2=O)cc1. The number of benzene rings is 3. The molecule has 0 atom stereocenters. The Labute approximate surface area is 225 Å². The average Bonchev–Trinajstić information content (AvgIpc) is 2.92. The van der Waals surface area contributed by atoms with Gasteiger partial charge in [-0.05, 0) is 73.5 Å². The summed E-state index contributed by atoms with van der Waals surface area (Å²) in [6.07, 6.45) is 1.35. The minimum absolute atomic E-state index is 0.239. The van der Waals surface area contributed by atoms with Crippen LogP contribution >= 0.6 is 0 Å². The molecule has 4 rings (SSSR count). The molecule has 0 spiro atoms. The zero-order chi connectivity index (χ0) is 27.9. The summed E-state index contributed by atoms with van der Waals surface area (Å²) in [5, 5.41) is 4.98. The van der Waals surface area contributed by atoms with Gasteiger partial charge >= 0.3 is 6.03 Å². The number of anilines is 2. The van der Waals surface area contributed by atoms with Gasteiger partial charge in [-0.2, -0.15) is 0 Å². The summed E-state index contributed by atoms with van der Waals surface area (Å²) in [6.45, 7) is 3.94. The number of rotatable bonds is 9. The molecule has 5 amide bonds. The molecule has 200 valence electrons. The first-order valence-electron chi connectivity index (χ1n) is 12.1. The van der Waals surface area contributed by atoms with Gasteiger partial charge < -0.3 is 19.5 Å². The molecule has 0 aromatic heterocycles. The second-order valence-corrected chi connectivity index (χ2v) is 8.45. The van der Waals surface area contributed by atoms with E-state index in [1.165, 1.54) is 13.2 Å². The maximum Gasteiger partial charge on any atom is 0.335 e. The van der Waals surface area contributed by atoms with E-state index in [9.17, 15) is 19.2 Å². The molecule has 0 bridgehead atoms. The van der Waals surface area contributed by atoms with Crippen molar-refractivity contribution in [1.29, 1.82) is 0 Å². The summed E-state index contributed by atoms with van der Waals surface area (Å²) in [5.74, 6) is -0.776. The molecule has 10 heteroatoms. The van der Waals surface area contributed by atoms with Crippen molar-refractivity contribution in [2.24, 2.45) is 0 Å². The first kappa shape index (κ1) is 26.9. The Morgan fingerprint density at radius 3 is 2.41 bits per heavy atom. The number of urea groups is 1. The van der Waals surface area contributed by atoms with Crippen molar-refractivity contribution >= 4 is 41.2 Å². The minimum Gasteiger partial charge on any atom is -0.494 e. The summed E-state index contributed by atoms with van der Waals surface area (Å²) in [4.78, 5) is 51.4. The Kier molecular flexibility index (Phi) is 8.25. The van der Waals surface area contributed by atoms with Crippen LogP contribution in [0.25, 0.3) is 6.08 Å². The lowest BCUT2D eigenvalue weighted by Crippen LogP contribution is -2.54. The van der Waals surface area contributed by atoms with E-state index in [1.54, 1.807) is 48.5 Å². The van der Waals surface area contributed by atoms with E-state index in [0.717, 1.165) is 10.5 Å². The third-order valence-electron chi connectivity index (χ3n) is 5.78. The Hall–Kier alpha value is -5.12. The number of barbiturate groups is 1. The molecule has 1 aliphatic heterocycles. The highest BCUT2D eigenvalue weighted by Gasteiger charge is 2.36. The molecular formula is C29H27N3O7. The predicted molar refractivity (Wildman–Crippen MR) is 145 cm³/mol. The van der Waals surface area contributed by atoms with E-state index >= 15 is 0 Å². The molecule has 1 fully saturated rings. The normalized spacial score (nSPS) is 14.2. The lowest BCUT2D eigenvalue weighted by atomic mass is 10.1. The molecule has 2 N–H and O–H groups in total. The van der Waals surface area contributed by atoms with E-state index in [1.807, 2.05) is 32.0 Å². The molecule has 3 aromatic rings. The van der Waals surface area contributed by atoms with Crippen LogP contribution in [0.1, 0.15) is 18.1 Å². The van der Waals surface area contributed by atoms with Crippen LogP contribution < -0.4 is 29.7 Å². The van der Waals surface area contributed by atoms with Crippen molar-refractivity contribution in [2.75, 3.05) is 30.5 Å². The number of methoxy groups -OCH3 is 1. The molecular weight excluding hydrogens is 502 g/mol. The van der Waals surface area contributed by atoms with Crippen LogP contribution in [0.4, 0.5) is 16.2 Å². The number of ether oxygens (including phenoxy) is 3. The molecule has 3 aromatic carbocycles. The van der Waals surface area contributed by atoms with Crippen LogP contribution in [0.3, 0.4) is 0 Å². The number of para-hydroxylation sites is 1. The van der Waals surface area contributed by atoms with Crippen LogP contribution in [-0.2, 0) is 14.4 Å². The zero-order valence-electron chi connectivity index (χ0n) is 21.6. The first-order chi connectivity index (χ1) is 18.8. The summed E-state index contributed by atoms with van der Waals surface area (Å²) < 4.78 is 16.4. The first-order valence-corrected chi connectivity index (χ1v) is 12.1. The van der Waals surface area contributed by atoms with Gasteiger partial charge in [0.2, 0.25) is 0 Å². The number of carbonyl (C=O) groups excluding carboxylic acids is 4. The van der Waals surface area contributed by atoms with E-state index in [-0.39, 0.29) is 29.5 Å². The number of amides is 5. The van der Waals surface area contributed by atoms with Crippen LogP contribution in [0.15, 0.2) is 72.3 Å². The monoisotopic (exact) mass is 529 g/mol. The van der Waals surface area contributed by atoms with E-state index < -0.39 is 17.8 Å². The minimum atomic E-state index is -0.850. The number of nitrogens with one attached hydrogen (secondary N) is 2. The number of hydrogen-bond donors (Lipinski definition) is 2. The molecule has 39 heavy (non-hydrogen) atoms. The standard InChI is InChI=1S/C29H27N3O7/c1-4-38-21-12-10-20(11-13-21)32-28(35)22(27(34)31-29(32)36)15-19-9-14-24(25(16-19)37-3)39-17-26(33)30-23-8-6-5-7-18(23)2/h5-16H,4,17H2,1-3H3,(H,30,33)(H,31,34,36)/b22-15+. The van der Waals surface area contributed by atoms with Crippen LogP contribution in [0.2, 0.25) is 0 Å². The zero-order valence-corrected chi connectivity index (χ0v) is 21.6. The molecule has 1 saturated heterocycles. The van der Waals surface area contributed by atoms with Gasteiger partial charge in [-0.1, -0.05) is 24.3 Å². The van der Waals surface area contributed by atoms with E-state index in [2.05, 4.69) is 10.6 Å². The average molecular weight is 530 g/mol. The second kappa shape index (κ2) is 12.0. The number of imide groups is 2. The Morgan fingerprint density at radius 1 is 0.974 bits per heavy atom. The van der Waals surface area contributed by atoms with Crippen molar-refractivity contribution in [3.63, 3.8) is 0 Å². The summed E-state index contributed by atoms with van der Waals surface area (Å²) in [5.41, 5.74) is 2.10. The fraction of sp³-hybridized carbons (Fsp3) is 0.172. The van der Waals surface area contributed by atoms with E-state index in [4.69, 9.17) is 14.2 Å². The Balaban J connectivity index is 1.50. The quantitative estimate of drug-likeness (QED) is 0.316. The number of hydrogen-bond acceptors (Lipinski definition) is 7. The smallest absolute Gasteiger partial charge is 0.335 e. The number of carbonyl (C=O) groups is 4. The summed E-state index contributed by atoms with van der Waals surface area (Å²) >= 11 is 0. The van der Waals surface area contributed by atoms with Crippen molar-refractivity contribution in [2.45, 2.75) is 13.8 Å². The molecule has 0 unspecified atom stereocenters. The third kappa shape index (κ3) is 6.24. The van der Waals surface area contributed by atoms with Gasteiger partial charge in [0.05, 0.1) is 19.4 Å². The van der Waals surface area contributed by atoms with Crippen LogP contribution in [-0.4, -0.2) is 44.1 Å². The lowest BCUT2D eigenvalue weighted by Gasteiger charge is -2.26. The van der Waals surface area contributed by atoms with Gasteiger partial charge in [0.1, 0.15) is 11.3 Å². The van der Waals surface area contributed by atoms with Gasteiger partial charge in [-0.3, -0.25) is 19.7 Å². The highest BCUT2D eigenvalue weighted by molar-refractivity contribution is 6.39. The van der Waals surface area contributed by atoms with Crippen molar-refractivity contribution in [1.82, 2.24) is 5.32 Å². The maximum absolute atomic E-state index is 13.2. The van der Waals surface area contributed by atoms with Crippen molar-refractivity contribution in [3.05, 3.63) is 83.4 Å². The van der Waals surface area contributed by atoms with Gasteiger partial charge in [0.15, 0.2) is 18.1 Å². The molecule has 1 aliphatic rings. The van der Waals surface area contributed by atoms with Gasteiger partial charge in [-0.15, -0.1) is 0 Å². The largest absolute Gasteiger partial charge is 0.494 e. The second-order valence-electron chi connectivity index (χ2n) is 8.45. The van der Waals surface area contributed by atoms with Crippen LogP contribution in [0.5, 0.6) is 17.2 Å². The lowest BCUT2D eigenvalue weighted by molar-refractivity contribution is -0.122. The fourth-order valence-corrected chi connectivity index (χ4v) is 3.85. The van der Waals surface area contributed by atoms with Gasteiger partial charge in [-0.25, -0.2) is 9.69 Å². The summed E-state index contributed by atoms with van der Waals surface area (Å²) in [6, 6.07) is 17.6. The molecule has 1 heterocycles. The van der Waals surface area contributed by atoms with Crippen molar-refractivity contribution < 1.29 is 33.4 Å². The summed E-state index contributed by atoms with van der Waals surface area (Å²) in [7, 11) is 1.43. The Morgan fingerprint density at radius 2 is 1.72 bits per heavy atom. The topological polar surface area (TPSA) is 123 Å². The molecule has 0 radical (unpaired) electrons. The fourth-order valence-electron chi connectivity index (χ4n) is 3.85. The highest BCUT2D eigenvalue weighted by atomic mass is 16.5. The highest BCUT2D eigenvalue weighted by Crippen LogP contribution is 2.30. The number of nitrogens with zero attached hydrogens (tertiary/aromatic N) is 1. The van der Waals surface area contributed by atoms with E-state index in [0.29, 0.717) is 29.4 Å². The maximum atomic E-state index is 13.2. The Bertz CT molecular complexity index is 1450. The van der Waals surface area contributed by atoms with Crippen molar-refractivity contribution in [3.8, 4) is 17.2 Å². The van der Waals surface area contributed by atoms with Gasteiger partial charge in [0.25, 0.3) is 17.7 Å².